The summed E-state index contributed by atoms with van der Waals surface area (Å²) in [6, 6.07) is 0. The van der Waals surface area contributed by atoms with Crippen molar-refractivity contribution in [1.29, 1.82) is 0 Å². The summed E-state index contributed by atoms with van der Waals surface area (Å²) in [6.45, 7) is 4.44. The molecule has 0 radical (unpaired) electrons. The summed E-state index contributed by atoms with van der Waals surface area (Å²) < 4.78 is 15.2. The number of hydrogen-bond acceptors (Lipinski definition) is 1. The molecule has 0 aliphatic heterocycles. The van der Waals surface area contributed by atoms with Crippen molar-refractivity contribution >= 4 is 5.78 Å². The Kier molecular flexibility index (Phi) is 4.18. The van der Waals surface area contributed by atoms with E-state index in [0.29, 0.717) is 5.78 Å². The van der Waals surface area contributed by atoms with Gasteiger partial charge in [0.05, 0.1) is 10.8 Å². The SMILES string of the molecule is CCCC1CCC2(CC1)C(=O)C1(CCC(CC)CC1)[C@H]2F. The number of rotatable bonds is 3. The lowest BCUT2D eigenvalue weighted by Gasteiger charge is -2.61. The molecular weight excluding hydrogens is 263 g/mol. The van der Waals surface area contributed by atoms with E-state index >= 15 is 4.39 Å². The first-order valence-corrected chi connectivity index (χ1v) is 9.28. The number of ketones is 1. The van der Waals surface area contributed by atoms with Crippen LogP contribution in [0.15, 0.2) is 0 Å². The fourth-order valence-corrected chi connectivity index (χ4v) is 5.63. The minimum Gasteiger partial charge on any atom is -0.298 e. The number of Topliss-reactive ketones (excluding diaryl/α,β-unsaturated/α-hetero) is 1. The molecule has 0 aromatic rings. The highest BCUT2D eigenvalue weighted by molar-refractivity contribution is 5.98. The molecule has 1 atom stereocenters. The lowest BCUT2D eigenvalue weighted by molar-refractivity contribution is -0.193. The van der Waals surface area contributed by atoms with Crippen LogP contribution in [0.5, 0.6) is 0 Å². The Hall–Kier alpha value is -0.400. The largest absolute Gasteiger partial charge is 0.298 e. The summed E-state index contributed by atoms with van der Waals surface area (Å²) in [6.07, 6.45) is 10.4. The molecule has 1 nitrogen and oxygen atoms in total. The van der Waals surface area contributed by atoms with Crippen molar-refractivity contribution in [2.75, 3.05) is 0 Å². The minimum absolute atomic E-state index is 0.326. The quantitative estimate of drug-likeness (QED) is 0.674. The average Bonchev–Trinajstić information content (AvgIpc) is 2.55. The van der Waals surface area contributed by atoms with Gasteiger partial charge in [-0.15, -0.1) is 0 Å². The molecule has 120 valence electrons. The van der Waals surface area contributed by atoms with Crippen molar-refractivity contribution in [3.05, 3.63) is 0 Å². The normalized spacial score (nSPS) is 46.8. The topological polar surface area (TPSA) is 17.1 Å². The van der Waals surface area contributed by atoms with Crippen molar-refractivity contribution in [2.24, 2.45) is 22.7 Å². The Labute approximate surface area is 129 Å². The summed E-state index contributed by atoms with van der Waals surface area (Å²) in [5.41, 5.74) is -1.10. The predicted molar refractivity (Wildman–Crippen MR) is 83.9 cm³/mol. The molecule has 3 rings (SSSR count). The number of hydrogen-bond donors (Lipinski definition) is 0. The fraction of sp³-hybridized carbons (Fsp3) is 0.947. The van der Waals surface area contributed by atoms with Crippen LogP contribution in [-0.2, 0) is 4.79 Å². The maximum Gasteiger partial charge on any atom is 0.151 e. The van der Waals surface area contributed by atoms with Crippen molar-refractivity contribution in [3.63, 3.8) is 0 Å². The minimum atomic E-state index is -0.835. The Balaban J connectivity index is 1.65. The third-order valence-corrected chi connectivity index (χ3v) is 7.14. The van der Waals surface area contributed by atoms with E-state index in [9.17, 15) is 4.79 Å². The van der Waals surface area contributed by atoms with Gasteiger partial charge >= 0.3 is 0 Å². The van der Waals surface area contributed by atoms with Gasteiger partial charge in [-0.1, -0.05) is 33.1 Å². The lowest BCUT2D eigenvalue weighted by Crippen LogP contribution is -2.69. The van der Waals surface area contributed by atoms with Gasteiger partial charge in [0.2, 0.25) is 0 Å². The highest BCUT2D eigenvalue weighted by Crippen LogP contribution is 2.65. The molecule has 0 unspecified atom stereocenters. The lowest BCUT2D eigenvalue weighted by atomic mass is 9.42. The maximum absolute atomic E-state index is 15.2. The van der Waals surface area contributed by atoms with Crippen molar-refractivity contribution < 1.29 is 9.18 Å². The van der Waals surface area contributed by atoms with Crippen LogP contribution in [0.1, 0.15) is 84.5 Å². The van der Waals surface area contributed by atoms with Gasteiger partial charge in [-0.3, -0.25) is 4.79 Å². The number of carbonyl (C=O) groups is 1. The van der Waals surface area contributed by atoms with Gasteiger partial charge in [-0.2, -0.15) is 0 Å². The van der Waals surface area contributed by atoms with Crippen molar-refractivity contribution in [1.82, 2.24) is 0 Å². The third-order valence-electron chi connectivity index (χ3n) is 7.14. The van der Waals surface area contributed by atoms with Crippen LogP contribution in [0.3, 0.4) is 0 Å². The van der Waals surface area contributed by atoms with E-state index in [1.165, 1.54) is 19.3 Å². The first-order valence-electron chi connectivity index (χ1n) is 9.28. The first-order chi connectivity index (χ1) is 10.1. The summed E-state index contributed by atoms with van der Waals surface area (Å²) >= 11 is 0. The second-order valence-corrected chi connectivity index (χ2v) is 8.09. The molecule has 0 N–H and O–H groups in total. The van der Waals surface area contributed by atoms with Crippen molar-refractivity contribution in [2.45, 2.75) is 90.6 Å². The van der Waals surface area contributed by atoms with Gasteiger partial charge in [0.25, 0.3) is 0 Å². The van der Waals surface area contributed by atoms with E-state index < -0.39 is 17.0 Å². The highest BCUT2D eigenvalue weighted by Gasteiger charge is 2.71. The Bertz CT molecular complexity index is 386. The molecule has 3 aliphatic carbocycles. The molecule has 2 spiro atoms. The second-order valence-electron chi connectivity index (χ2n) is 8.09. The second kappa shape index (κ2) is 5.66. The molecule has 0 bridgehead atoms. The first kappa shape index (κ1) is 15.5. The van der Waals surface area contributed by atoms with Gasteiger partial charge in [-0.05, 0) is 63.2 Å². The Morgan fingerprint density at radius 2 is 1.43 bits per heavy atom. The summed E-state index contributed by atoms with van der Waals surface area (Å²) in [5.74, 6) is 1.80. The molecule has 2 heteroatoms. The van der Waals surface area contributed by atoms with E-state index in [-0.39, 0.29) is 0 Å². The van der Waals surface area contributed by atoms with Crippen LogP contribution in [0.25, 0.3) is 0 Å². The maximum atomic E-state index is 15.2. The molecular formula is C19H31FO. The molecule has 0 aromatic heterocycles. The van der Waals surface area contributed by atoms with Gasteiger partial charge in [0.15, 0.2) is 5.78 Å². The number of halogens is 1. The van der Waals surface area contributed by atoms with E-state index in [1.807, 2.05) is 0 Å². The molecule has 3 fully saturated rings. The van der Waals surface area contributed by atoms with Gasteiger partial charge < -0.3 is 0 Å². The van der Waals surface area contributed by atoms with Crippen LogP contribution in [0.4, 0.5) is 4.39 Å². The van der Waals surface area contributed by atoms with Crippen LogP contribution >= 0.6 is 0 Å². The zero-order chi connectivity index (χ0) is 15.1. The van der Waals surface area contributed by atoms with Crippen LogP contribution < -0.4 is 0 Å². The third kappa shape index (κ3) is 2.19. The Morgan fingerprint density at radius 1 is 0.952 bits per heavy atom. The molecule has 0 heterocycles. The van der Waals surface area contributed by atoms with Crippen LogP contribution in [0, 0.1) is 22.7 Å². The monoisotopic (exact) mass is 294 g/mol. The zero-order valence-corrected chi connectivity index (χ0v) is 13.8. The predicted octanol–water partition coefficient (Wildman–Crippen LogP) is 5.47. The molecule has 0 amide bonds. The average molecular weight is 294 g/mol. The van der Waals surface area contributed by atoms with Crippen LogP contribution in [-0.4, -0.2) is 12.0 Å². The smallest absolute Gasteiger partial charge is 0.151 e. The molecule has 3 aliphatic rings. The Morgan fingerprint density at radius 3 is 1.81 bits per heavy atom. The number of alkyl halides is 1. The zero-order valence-electron chi connectivity index (χ0n) is 13.8. The van der Waals surface area contributed by atoms with Gasteiger partial charge in [-0.25, -0.2) is 4.39 Å². The van der Waals surface area contributed by atoms with Gasteiger partial charge in [0.1, 0.15) is 6.17 Å². The standard InChI is InChI=1S/C19H31FO/c1-3-5-15-8-12-19(13-9-15)16(20)18(17(19)21)10-6-14(4-2)7-11-18/h14-16H,3-13H2,1-2H3/t14?,15?,16-,18?,19?/m1/s1. The van der Waals surface area contributed by atoms with E-state index in [0.717, 1.165) is 63.2 Å². The molecule has 3 saturated carbocycles. The van der Waals surface area contributed by atoms with E-state index in [2.05, 4.69) is 13.8 Å². The van der Waals surface area contributed by atoms with E-state index in [1.54, 1.807) is 0 Å². The summed E-state index contributed by atoms with van der Waals surface area (Å²) in [4.78, 5) is 12.9. The van der Waals surface area contributed by atoms with Crippen LogP contribution in [0.2, 0.25) is 0 Å². The van der Waals surface area contributed by atoms with E-state index in [4.69, 9.17) is 0 Å². The number of carbonyl (C=O) groups excluding carboxylic acids is 1. The summed E-state index contributed by atoms with van der Waals surface area (Å²) in [5, 5.41) is 0. The molecule has 0 aromatic carbocycles. The van der Waals surface area contributed by atoms with Gasteiger partial charge in [0, 0.05) is 0 Å². The fourth-order valence-electron chi connectivity index (χ4n) is 5.63. The van der Waals surface area contributed by atoms with Crippen molar-refractivity contribution in [3.8, 4) is 0 Å². The summed E-state index contributed by atoms with van der Waals surface area (Å²) in [7, 11) is 0. The molecule has 21 heavy (non-hydrogen) atoms. The molecule has 0 saturated heterocycles. The highest BCUT2D eigenvalue weighted by atomic mass is 19.1.